The van der Waals surface area contributed by atoms with E-state index in [1.54, 1.807) is 28.4 Å². The lowest BCUT2D eigenvalue weighted by Gasteiger charge is -2.14. The Morgan fingerprint density at radius 1 is 0.417 bits per heavy atom. The van der Waals surface area contributed by atoms with Crippen LogP contribution in [0.15, 0.2) is 121 Å². The van der Waals surface area contributed by atoms with Crippen LogP contribution in [0.2, 0.25) is 0 Å². The number of nitrogens with one attached hydrogen (secondary N) is 2. The highest BCUT2D eigenvalue weighted by molar-refractivity contribution is 5.97. The van der Waals surface area contributed by atoms with E-state index in [1.165, 1.54) is 0 Å². The largest absolute Gasteiger partial charge is 0.497 e. The van der Waals surface area contributed by atoms with Crippen molar-refractivity contribution in [3.8, 4) is 67.5 Å². The Morgan fingerprint density at radius 3 is 1.03 bits per heavy atom. The van der Waals surface area contributed by atoms with Gasteiger partial charge in [-0.25, -0.2) is 4.98 Å². The molecule has 7 aromatic rings. The normalized spacial score (nSPS) is 15.8. The molecule has 1 saturated heterocycles. The van der Waals surface area contributed by atoms with Gasteiger partial charge in [0.1, 0.15) is 23.0 Å². The number of hydrogen-bond acceptors (Lipinski definition) is 7. The van der Waals surface area contributed by atoms with Gasteiger partial charge in [0.05, 0.1) is 51.2 Å². The summed E-state index contributed by atoms with van der Waals surface area (Å²) in [6.45, 7) is 1.76. The number of aromatic nitrogens is 4. The van der Waals surface area contributed by atoms with E-state index in [-0.39, 0.29) is 11.8 Å². The fourth-order valence-corrected chi connectivity index (χ4v) is 9.14. The second-order valence-corrected chi connectivity index (χ2v) is 15.5. The molecule has 4 aromatic carbocycles. The van der Waals surface area contributed by atoms with Crippen molar-refractivity contribution in [1.82, 2.24) is 24.8 Å². The van der Waals surface area contributed by atoms with E-state index in [2.05, 4.69) is 107 Å². The number of hydrogen-bond donors (Lipinski definition) is 2. The molecule has 0 amide bonds. The molecule has 298 valence electrons. The molecule has 2 atom stereocenters. The summed E-state index contributed by atoms with van der Waals surface area (Å²) in [4.78, 5) is 21.5. The maximum Gasteiger partial charge on any atom is 0.118 e. The molecule has 10 rings (SSSR count). The Kier molecular flexibility index (Phi) is 9.45. The van der Waals surface area contributed by atoms with Crippen LogP contribution in [-0.4, -0.2) is 73.4 Å². The Balaban J connectivity index is 1.39. The summed E-state index contributed by atoms with van der Waals surface area (Å²) in [5.41, 5.74) is 15.9. The Bertz CT molecular complexity index is 2730. The zero-order chi connectivity index (χ0) is 40.9. The Labute approximate surface area is 348 Å². The molecule has 60 heavy (non-hydrogen) atoms. The van der Waals surface area contributed by atoms with Crippen LogP contribution in [0.5, 0.6) is 23.0 Å². The van der Waals surface area contributed by atoms with Crippen LogP contribution in [0, 0.1) is 0 Å². The fraction of sp³-hybridized carbons (Fsp3) is 0.176. The van der Waals surface area contributed by atoms with Gasteiger partial charge in [0.25, 0.3) is 0 Å². The standard InChI is InChI=1S/C51H45N5O4/c1-56-28-38-39(29-56)51-49(33-12-20-37(60-5)21-13-33)45-27-25-43(54-45)47(31-8-16-35(58-3)17-9-31)41-23-22-40(52-41)46(30-6-14-34(57-2)15-7-30)42-24-26-44(53-42)48(50(38)55-51)32-10-18-36(59-4)19-11-32/h6-27,38-39,53-54H,28-29H2,1-5H3/t38-,39+. The number of likely N-dealkylation sites (tertiary alicyclic amines) is 1. The molecule has 0 saturated carbocycles. The third-order valence-corrected chi connectivity index (χ3v) is 12.1. The second kappa shape index (κ2) is 15.3. The number of ether oxygens (including phenoxy) is 4. The van der Waals surface area contributed by atoms with Gasteiger partial charge in [-0.05, 0) is 114 Å². The molecule has 9 nitrogen and oxygen atoms in total. The third-order valence-electron chi connectivity index (χ3n) is 12.1. The van der Waals surface area contributed by atoms with Gasteiger partial charge in [0.2, 0.25) is 0 Å². The zero-order valence-corrected chi connectivity index (χ0v) is 34.2. The quantitative estimate of drug-likeness (QED) is 0.158. The van der Waals surface area contributed by atoms with Gasteiger partial charge >= 0.3 is 0 Å². The minimum atomic E-state index is 0.151. The lowest BCUT2D eigenvalue weighted by molar-refractivity contribution is 0.404. The van der Waals surface area contributed by atoms with Crippen LogP contribution in [0.4, 0.5) is 0 Å². The first kappa shape index (κ1) is 37.2. The average molecular weight is 792 g/mol. The third kappa shape index (κ3) is 6.48. The van der Waals surface area contributed by atoms with Crippen LogP contribution in [0.25, 0.3) is 78.7 Å². The maximum atomic E-state index is 5.78. The van der Waals surface area contributed by atoms with Crippen molar-refractivity contribution >= 4 is 34.2 Å². The first-order valence-electron chi connectivity index (χ1n) is 20.2. The molecule has 3 aromatic heterocycles. The molecular weight excluding hydrogens is 747 g/mol. The van der Waals surface area contributed by atoms with Gasteiger partial charge in [0, 0.05) is 69.2 Å². The van der Waals surface area contributed by atoms with Gasteiger partial charge in [-0.2, -0.15) is 0 Å². The molecule has 8 bridgehead atoms. The molecule has 1 fully saturated rings. The van der Waals surface area contributed by atoms with Crippen molar-refractivity contribution in [2.45, 2.75) is 11.8 Å². The van der Waals surface area contributed by atoms with E-state index in [9.17, 15) is 0 Å². The van der Waals surface area contributed by atoms with Crippen LogP contribution >= 0.6 is 0 Å². The lowest BCUT2D eigenvalue weighted by atomic mass is 9.87. The van der Waals surface area contributed by atoms with E-state index in [0.29, 0.717) is 0 Å². The van der Waals surface area contributed by atoms with Crippen LogP contribution < -0.4 is 18.9 Å². The topological polar surface area (TPSA) is 97.5 Å². The Hall–Kier alpha value is -7.10. The molecule has 6 heterocycles. The molecule has 3 aliphatic heterocycles. The SMILES string of the molecule is COc1ccc(-c2c3nc(c(-c4ccc(OC)cc4)c4ccc([nH]4)c(-c4ccc(OC)cc4)c4nc(c(-c5ccc(OC)cc5)c5ccc2[nH]5)[C@H]2CN(C)C[C@@H]42)C=C3)cc1. The predicted octanol–water partition coefficient (Wildman–Crippen LogP) is 11.0. The van der Waals surface area contributed by atoms with E-state index in [0.717, 1.165) is 125 Å². The molecule has 9 heteroatoms. The van der Waals surface area contributed by atoms with E-state index >= 15 is 0 Å². The molecule has 0 unspecified atom stereocenters. The summed E-state index contributed by atoms with van der Waals surface area (Å²) >= 11 is 0. The summed E-state index contributed by atoms with van der Waals surface area (Å²) in [5, 5.41) is 0. The van der Waals surface area contributed by atoms with Crippen molar-refractivity contribution < 1.29 is 18.9 Å². The zero-order valence-electron chi connectivity index (χ0n) is 34.2. The highest BCUT2D eigenvalue weighted by Crippen LogP contribution is 2.49. The number of likely N-dealkylation sites (N-methyl/N-ethyl adjacent to an activating group) is 1. The monoisotopic (exact) mass is 791 g/mol. The van der Waals surface area contributed by atoms with Gasteiger partial charge in [-0.3, -0.25) is 4.98 Å². The van der Waals surface area contributed by atoms with E-state index < -0.39 is 0 Å². The van der Waals surface area contributed by atoms with Gasteiger partial charge in [-0.1, -0.05) is 48.5 Å². The smallest absolute Gasteiger partial charge is 0.118 e. The van der Waals surface area contributed by atoms with Crippen molar-refractivity contribution in [3.63, 3.8) is 0 Å². The van der Waals surface area contributed by atoms with Crippen molar-refractivity contribution in [2.24, 2.45) is 0 Å². The number of methoxy groups -OCH3 is 4. The Morgan fingerprint density at radius 2 is 0.717 bits per heavy atom. The lowest BCUT2D eigenvalue weighted by Crippen LogP contribution is -2.15. The van der Waals surface area contributed by atoms with Gasteiger partial charge in [-0.15, -0.1) is 0 Å². The first-order valence-corrected chi connectivity index (χ1v) is 20.2. The molecule has 0 aliphatic carbocycles. The number of H-pyrrole nitrogens is 2. The van der Waals surface area contributed by atoms with Crippen molar-refractivity contribution in [3.05, 3.63) is 144 Å². The minimum Gasteiger partial charge on any atom is -0.497 e. The summed E-state index contributed by atoms with van der Waals surface area (Å²) < 4.78 is 22.4. The molecule has 2 N–H and O–H groups in total. The molecular formula is C51H45N5O4. The molecule has 3 aliphatic rings. The highest BCUT2D eigenvalue weighted by Gasteiger charge is 2.42. The van der Waals surface area contributed by atoms with Crippen LogP contribution in [0.1, 0.15) is 34.6 Å². The number of nitrogens with zero attached hydrogens (tertiary/aromatic N) is 3. The van der Waals surface area contributed by atoms with Crippen molar-refractivity contribution in [2.75, 3.05) is 48.6 Å². The summed E-state index contributed by atoms with van der Waals surface area (Å²) in [6.07, 6.45) is 4.23. The summed E-state index contributed by atoms with van der Waals surface area (Å²) in [5.74, 6) is 3.48. The molecule has 0 spiro atoms. The van der Waals surface area contributed by atoms with Crippen molar-refractivity contribution in [1.29, 1.82) is 0 Å². The maximum absolute atomic E-state index is 5.78. The van der Waals surface area contributed by atoms with Crippen LogP contribution in [-0.2, 0) is 0 Å². The summed E-state index contributed by atoms with van der Waals surface area (Å²) in [6, 6.07) is 41.8. The number of benzene rings is 4. The first-order chi connectivity index (χ1) is 29.4. The van der Waals surface area contributed by atoms with Gasteiger partial charge < -0.3 is 33.8 Å². The minimum absolute atomic E-state index is 0.151. The van der Waals surface area contributed by atoms with E-state index in [1.807, 2.05) is 48.5 Å². The second-order valence-electron chi connectivity index (χ2n) is 15.5. The fourth-order valence-electron chi connectivity index (χ4n) is 9.14. The average Bonchev–Trinajstić information content (AvgIpc) is 4.15. The van der Waals surface area contributed by atoms with E-state index in [4.69, 9.17) is 28.9 Å². The molecule has 0 radical (unpaired) electrons. The number of fused-ring (bicyclic) bond motifs is 11. The van der Waals surface area contributed by atoms with Crippen LogP contribution in [0.3, 0.4) is 0 Å². The number of rotatable bonds is 8. The van der Waals surface area contributed by atoms with Gasteiger partial charge in [0.15, 0.2) is 0 Å². The summed E-state index contributed by atoms with van der Waals surface area (Å²) in [7, 11) is 9.00. The number of aromatic amines is 2. The predicted molar refractivity (Wildman–Crippen MR) is 241 cm³/mol. The highest BCUT2D eigenvalue weighted by atomic mass is 16.5.